The maximum absolute atomic E-state index is 12.2. The van der Waals surface area contributed by atoms with Crippen LogP contribution in [0.3, 0.4) is 0 Å². The van der Waals surface area contributed by atoms with Crippen LogP contribution in [-0.2, 0) is 22.5 Å². The molecule has 2 aromatic carbocycles. The zero-order chi connectivity index (χ0) is 19.2. The molecule has 0 fully saturated rings. The third-order valence-corrected chi connectivity index (χ3v) is 5.10. The van der Waals surface area contributed by atoms with Crippen LogP contribution in [0.25, 0.3) is 10.9 Å². The minimum Gasteiger partial charge on any atom is -0.508 e. The Balaban J connectivity index is 1.79. The van der Waals surface area contributed by atoms with Gasteiger partial charge in [0.1, 0.15) is 16.8 Å². The van der Waals surface area contributed by atoms with Gasteiger partial charge in [0.25, 0.3) is 0 Å². The number of hydrogen-bond acceptors (Lipinski definition) is 6. The number of aromatic nitrogens is 1. The molecular formula is C21H22N2O3S. The third kappa shape index (κ3) is 4.78. The van der Waals surface area contributed by atoms with E-state index in [4.69, 9.17) is 9.72 Å². The highest BCUT2D eigenvalue weighted by atomic mass is 32.2. The molecule has 1 aromatic heterocycles. The monoisotopic (exact) mass is 382 g/mol. The summed E-state index contributed by atoms with van der Waals surface area (Å²) in [6.07, 6.45) is 2.47. The van der Waals surface area contributed by atoms with E-state index in [-0.39, 0.29) is 11.7 Å². The molecule has 5 nitrogen and oxygen atoms in total. The van der Waals surface area contributed by atoms with Crippen molar-refractivity contribution in [2.45, 2.75) is 24.0 Å². The fourth-order valence-electron chi connectivity index (χ4n) is 2.93. The van der Waals surface area contributed by atoms with E-state index in [2.05, 4.69) is 11.4 Å². The van der Waals surface area contributed by atoms with Crippen molar-refractivity contribution in [3.63, 3.8) is 0 Å². The lowest BCUT2D eigenvalue weighted by molar-refractivity contribution is -0.143. The van der Waals surface area contributed by atoms with Gasteiger partial charge in [0.15, 0.2) is 0 Å². The molecule has 0 saturated carbocycles. The number of ether oxygens (including phenoxy) is 1. The van der Waals surface area contributed by atoms with Crippen LogP contribution in [0.5, 0.6) is 5.75 Å². The fraction of sp³-hybridized carbons (Fsp3) is 0.238. The van der Waals surface area contributed by atoms with Crippen molar-refractivity contribution in [1.29, 1.82) is 0 Å². The Kier molecular flexibility index (Phi) is 6.32. The van der Waals surface area contributed by atoms with Crippen LogP contribution in [0, 0.1) is 0 Å². The van der Waals surface area contributed by atoms with Crippen LogP contribution in [0.2, 0.25) is 0 Å². The van der Waals surface area contributed by atoms with E-state index < -0.39 is 6.04 Å². The van der Waals surface area contributed by atoms with E-state index in [0.717, 1.165) is 27.1 Å². The first-order chi connectivity index (χ1) is 13.1. The molecule has 6 heteroatoms. The molecule has 2 N–H and O–H groups in total. The van der Waals surface area contributed by atoms with Crippen LogP contribution in [0.4, 0.5) is 0 Å². The highest BCUT2D eigenvalue weighted by Crippen LogP contribution is 2.23. The van der Waals surface area contributed by atoms with E-state index in [9.17, 15) is 9.90 Å². The Morgan fingerprint density at radius 3 is 2.67 bits per heavy atom. The van der Waals surface area contributed by atoms with E-state index >= 15 is 0 Å². The van der Waals surface area contributed by atoms with Gasteiger partial charge in [-0.2, -0.15) is 0 Å². The van der Waals surface area contributed by atoms with E-state index in [0.29, 0.717) is 13.0 Å². The number of esters is 1. The molecule has 1 unspecified atom stereocenters. The summed E-state index contributed by atoms with van der Waals surface area (Å²) in [6.45, 7) is 0.506. The molecule has 140 valence electrons. The van der Waals surface area contributed by atoms with Gasteiger partial charge in [0, 0.05) is 11.9 Å². The lowest BCUT2D eigenvalue weighted by Crippen LogP contribution is -2.39. The van der Waals surface area contributed by atoms with E-state index in [1.807, 2.05) is 30.5 Å². The minimum absolute atomic E-state index is 0.202. The van der Waals surface area contributed by atoms with Gasteiger partial charge in [-0.25, -0.2) is 4.98 Å². The summed E-state index contributed by atoms with van der Waals surface area (Å²) in [5, 5.41) is 14.7. The molecule has 3 aromatic rings. The number of hydrogen-bond donors (Lipinski definition) is 2. The number of carbonyl (C=O) groups excluding carboxylic acids is 1. The number of pyridine rings is 1. The zero-order valence-electron chi connectivity index (χ0n) is 15.3. The minimum atomic E-state index is -0.485. The van der Waals surface area contributed by atoms with Crippen molar-refractivity contribution in [2.24, 2.45) is 0 Å². The summed E-state index contributed by atoms with van der Waals surface area (Å²) in [4.78, 5) is 16.9. The van der Waals surface area contributed by atoms with Gasteiger partial charge in [-0.15, -0.1) is 11.8 Å². The smallest absolute Gasteiger partial charge is 0.323 e. The average molecular weight is 382 g/mol. The SMILES string of the molecule is COC(=O)C(Cc1ccc(O)cc1)NCc1cc2ccccc2nc1SC. The largest absolute Gasteiger partial charge is 0.508 e. The van der Waals surface area contributed by atoms with Crippen molar-refractivity contribution in [3.05, 3.63) is 65.7 Å². The number of thioether (sulfide) groups is 1. The van der Waals surface area contributed by atoms with Crippen LogP contribution < -0.4 is 5.32 Å². The molecule has 1 atom stereocenters. The Hall–Kier alpha value is -2.57. The fourth-order valence-corrected chi connectivity index (χ4v) is 3.51. The number of phenols is 1. The van der Waals surface area contributed by atoms with Crippen molar-refractivity contribution < 1.29 is 14.6 Å². The summed E-state index contributed by atoms with van der Waals surface area (Å²) < 4.78 is 4.95. The van der Waals surface area contributed by atoms with Gasteiger partial charge in [0.2, 0.25) is 0 Å². The molecule has 1 heterocycles. The van der Waals surface area contributed by atoms with Gasteiger partial charge in [-0.05, 0) is 48.1 Å². The number of phenolic OH excluding ortho intramolecular Hbond substituents is 1. The summed E-state index contributed by atoms with van der Waals surface area (Å²) >= 11 is 1.59. The molecule has 0 amide bonds. The molecule has 3 rings (SSSR count). The third-order valence-electron chi connectivity index (χ3n) is 4.36. The molecule has 27 heavy (non-hydrogen) atoms. The summed E-state index contributed by atoms with van der Waals surface area (Å²) in [6, 6.07) is 16.4. The number of nitrogens with one attached hydrogen (secondary N) is 1. The van der Waals surface area contributed by atoms with Crippen molar-refractivity contribution in [3.8, 4) is 5.75 Å². The first kappa shape index (κ1) is 19.2. The van der Waals surface area contributed by atoms with Crippen LogP contribution in [-0.4, -0.2) is 35.5 Å². The summed E-state index contributed by atoms with van der Waals surface area (Å²) in [7, 11) is 1.39. The maximum atomic E-state index is 12.2. The number of nitrogens with zero attached hydrogens (tertiary/aromatic N) is 1. The number of benzene rings is 2. The highest BCUT2D eigenvalue weighted by molar-refractivity contribution is 7.98. The topological polar surface area (TPSA) is 71.5 Å². The second kappa shape index (κ2) is 8.88. The number of rotatable bonds is 7. The molecule has 0 radical (unpaired) electrons. The second-order valence-electron chi connectivity index (χ2n) is 6.18. The van der Waals surface area contributed by atoms with Crippen LogP contribution >= 0.6 is 11.8 Å². The van der Waals surface area contributed by atoms with Gasteiger partial charge < -0.3 is 9.84 Å². The number of methoxy groups -OCH3 is 1. The molecular weight excluding hydrogens is 360 g/mol. The van der Waals surface area contributed by atoms with E-state index in [1.54, 1.807) is 36.0 Å². The summed E-state index contributed by atoms with van der Waals surface area (Å²) in [5.74, 6) is -0.115. The molecule has 0 aliphatic heterocycles. The molecule has 0 aliphatic carbocycles. The molecule has 0 bridgehead atoms. The normalized spacial score (nSPS) is 12.1. The first-order valence-corrected chi connectivity index (χ1v) is 9.85. The molecule has 0 aliphatic rings. The van der Waals surface area contributed by atoms with Gasteiger partial charge >= 0.3 is 5.97 Å². The lowest BCUT2D eigenvalue weighted by atomic mass is 10.1. The zero-order valence-corrected chi connectivity index (χ0v) is 16.1. The predicted octanol–water partition coefficient (Wildman–Crippen LogP) is 3.54. The maximum Gasteiger partial charge on any atom is 0.323 e. The van der Waals surface area contributed by atoms with Crippen molar-refractivity contribution >= 4 is 28.6 Å². The Bertz CT molecular complexity index is 928. The predicted molar refractivity (Wildman–Crippen MR) is 108 cm³/mol. The number of aromatic hydroxyl groups is 1. The number of para-hydroxylation sites is 1. The Labute approximate surface area is 162 Å². The van der Waals surface area contributed by atoms with Gasteiger partial charge in [0.05, 0.1) is 12.6 Å². The first-order valence-electron chi connectivity index (χ1n) is 8.62. The van der Waals surface area contributed by atoms with Crippen LogP contribution in [0.1, 0.15) is 11.1 Å². The van der Waals surface area contributed by atoms with E-state index in [1.165, 1.54) is 7.11 Å². The Morgan fingerprint density at radius 2 is 1.96 bits per heavy atom. The second-order valence-corrected chi connectivity index (χ2v) is 6.97. The van der Waals surface area contributed by atoms with Crippen LogP contribution in [0.15, 0.2) is 59.6 Å². The van der Waals surface area contributed by atoms with Gasteiger partial charge in [-0.3, -0.25) is 10.1 Å². The van der Waals surface area contributed by atoms with Crippen molar-refractivity contribution in [1.82, 2.24) is 10.3 Å². The summed E-state index contributed by atoms with van der Waals surface area (Å²) in [5.41, 5.74) is 2.94. The number of carbonyl (C=O) groups is 1. The van der Waals surface area contributed by atoms with Gasteiger partial charge in [-0.1, -0.05) is 30.3 Å². The Morgan fingerprint density at radius 1 is 1.22 bits per heavy atom. The highest BCUT2D eigenvalue weighted by Gasteiger charge is 2.20. The molecule has 0 spiro atoms. The van der Waals surface area contributed by atoms with Crippen molar-refractivity contribution in [2.75, 3.05) is 13.4 Å². The average Bonchev–Trinajstić information content (AvgIpc) is 2.71. The quantitative estimate of drug-likeness (QED) is 0.481. The lowest BCUT2D eigenvalue weighted by Gasteiger charge is -2.18. The number of fused-ring (bicyclic) bond motifs is 1. The molecule has 0 saturated heterocycles. The standard InChI is InChI=1S/C21H22N2O3S/c1-26-21(25)19(11-14-7-9-17(24)10-8-14)22-13-16-12-15-5-3-4-6-18(15)23-20(16)27-2/h3-10,12,19,22,24H,11,13H2,1-2H3.